The monoisotopic (exact) mass is 244 g/mol. The normalized spacial score (nSPS) is 15.6. The van der Waals surface area contributed by atoms with Gasteiger partial charge in [0.1, 0.15) is 5.69 Å². The van der Waals surface area contributed by atoms with Gasteiger partial charge in [-0.25, -0.2) is 0 Å². The van der Waals surface area contributed by atoms with Crippen LogP contribution in [0.5, 0.6) is 0 Å². The van der Waals surface area contributed by atoms with E-state index in [2.05, 4.69) is 30.1 Å². The number of benzene rings is 1. The number of amides is 1. The van der Waals surface area contributed by atoms with Crippen LogP contribution in [0.4, 0.5) is 0 Å². The average molecular weight is 244 g/mol. The van der Waals surface area contributed by atoms with Crippen LogP contribution >= 0.6 is 0 Å². The summed E-state index contributed by atoms with van der Waals surface area (Å²) in [6.07, 6.45) is 2.26. The fourth-order valence-electron chi connectivity index (χ4n) is 2.73. The second kappa shape index (κ2) is 4.16. The number of carbonyl (C=O) groups excluding carboxylic acids is 1. The van der Waals surface area contributed by atoms with Gasteiger partial charge in [0.25, 0.3) is 5.91 Å². The van der Waals surface area contributed by atoms with Crippen LogP contribution < -0.4 is 0 Å². The maximum absolute atomic E-state index is 12.4. The standard InChI is InChI=1S/C15H18N2O.H2/c1-10-5-6-13-12(9-10)11(2)14(16-13)15(18)17-7-3-4-8-17;/h5-6,9,16H,3-4,7-8H2,1-2H3;1H. The van der Waals surface area contributed by atoms with Gasteiger partial charge in [0.05, 0.1) is 0 Å². The van der Waals surface area contributed by atoms with Gasteiger partial charge in [0.2, 0.25) is 0 Å². The number of aryl methyl sites for hydroxylation is 2. The first kappa shape index (κ1) is 11.3. The zero-order valence-corrected chi connectivity index (χ0v) is 10.9. The summed E-state index contributed by atoms with van der Waals surface area (Å²) in [7, 11) is 0. The molecule has 3 nitrogen and oxygen atoms in total. The number of likely N-dealkylation sites (tertiary alicyclic amines) is 1. The van der Waals surface area contributed by atoms with Crippen LogP contribution in [0.3, 0.4) is 0 Å². The Labute approximate surface area is 108 Å². The SMILES string of the molecule is Cc1ccc2[nH]c(C(=O)N3CCCC3)c(C)c2c1.[HH]. The third-order valence-corrected chi connectivity index (χ3v) is 3.82. The lowest BCUT2D eigenvalue weighted by molar-refractivity contribution is 0.0787. The molecule has 3 rings (SSSR count). The number of aromatic nitrogens is 1. The lowest BCUT2D eigenvalue weighted by Gasteiger charge is -2.14. The van der Waals surface area contributed by atoms with E-state index >= 15 is 0 Å². The van der Waals surface area contributed by atoms with Crippen LogP contribution in [-0.2, 0) is 0 Å². The minimum Gasteiger partial charge on any atom is -0.350 e. The molecule has 1 aliphatic heterocycles. The van der Waals surface area contributed by atoms with Crippen LogP contribution in [0.2, 0.25) is 0 Å². The molecule has 0 atom stereocenters. The molecule has 3 heteroatoms. The number of fused-ring (bicyclic) bond motifs is 1. The predicted molar refractivity (Wildman–Crippen MR) is 75.0 cm³/mol. The number of nitrogens with zero attached hydrogens (tertiary/aromatic N) is 1. The number of H-pyrrole nitrogens is 1. The highest BCUT2D eigenvalue weighted by atomic mass is 16.2. The van der Waals surface area contributed by atoms with Gasteiger partial charge in [-0.05, 0) is 44.4 Å². The fraction of sp³-hybridized carbons (Fsp3) is 0.400. The maximum Gasteiger partial charge on any atom is 0.270 e. The first-order valence-corrected chi connectivity index (χ1v) is 6.55. The third-order valence-electron chi connectivity index (χ3n) is 3.82. The van der Waals surface area contributed by atoms with Crippen LogP contribution in [0, 0.1) is 13.8 Å². The molecule has 2 aromatic rings. The van der Waals surface area contributed by atoms with Crippen molar-refractivity contribution in [2.24, 2.45) is 0 Å². The highest BCUT2D eigenvalue weighted by Gasteiger charge is 2.23. The van der Waals surface area contributed by atoms with E-state index in [0.717, 1.165) is 48.1 Å². The van der Waals surface area contributed by atoms with Crippen molar-refractivity contribution in [1.29, 1.82) is 0 Å². The number of hydrogen-bond donors (Lipinski definition) is 1. The van der Waals surface area contributed by atoms with E-state index in [-0.39, 0.29) is 7.33 Å². The fourth-order valence-corrected chi connectivity index (χ4v) is 2.73. The van der Waals surface area contributed by atoms with E-state index in [1.54, 1.807) is 0 Å². The molecule has 0 radical (unpaired) electrons. The Balaban J connectivity index is 0.00000133. The zero-order chi connectivity index (χ0) is 12.7. The highest BCUT2D eigenvalue weighted by Crippen LogP contribution is 2.24. The van der Waals surface area contributed by atoms with Crippen LogP contribution in [0.15, 0.2) is 18.2 Å². The van der Waals surface area contributed by atoms with Crippen molar-refractivity contribution in [3.8, 4) is 0 Å². The quantitative estimate of drug-likeness (QED) is 0.821. The molecule has 1 amide bonds. The molecule has 18 heavy (non-hydrogen) atoms. The minimum absolute atomic E-state index is 0. The summed E-state index contributed by atoms with van der Waals surface area (Å²) < 4.78 is 0. The van der Waals surface area contributed by atoms with Gasteiger partial charge in [0, 0.05) is 25.4 Å². The van der Waals surface area contributed by atoms with E-state index in [1.165, 1.54) is 5.56 Å². The number of nitrogens with one attached hydrogen (secondary N) is 1. The molecular weight excluding hydrogens is 224 g/mol. The molecule has 0 bridgehead atoms. The lowest BCUT2D eigenvalue weighted by atomic mass is 10.1. The number of hydrogen-bond acceptors (Lipinski definition) is 1. The third kappa shape index (κ3) is 1.70. The second-order valence-corrected chi connectivity index (χ2v) is 5.17. The van der Waals surface area contributed by atoms with Crippen molar-refractivity contribution in [3.63, 3.8) is 0 Å². The van der Waals surface area contributed by atoms with Gasteiger partial charge in [-0.3, -0.25) is 4.79 Å². The topological polar surface area (TPSA) is 36.1 Å². The van der Waals surface area contributed by atoms with E-state index in [0.29, 0.717) is 0 Å². The van der Waals surface area contributed by atoms with E-state index in [1.807, 2.05) is 11.8 Å². The summed E-state index contributed by atoms with van der Waals surface area (Å²) in [6.45, 7) is 5.90. The van der Waals surface area contributed by atoms with Gasteiger partial charge in [-0.1, -0.05) is 11.6 Å². The van der Waals surface area contributed by atoms with E-state index < -0.39 is 0 Å². The van der Waals surface area contributed by atoms with Crippen LogP contribution in [-0.4, -0.2) is 28.9 Å². The van der Waals surface area contributed by atoms with Gasteiger partial charge in [-0.2, -0.15) is 0 Å². The Morgan fingerprint density at radius 1 is 1.28 bits per heavy atom. The highest BCUT2D eigenvalue weighted by molar-refractivity contribution is 6.01. The minimum atomic E-state index is 0. The molecule has 0 unspecified atom stereocenters. The number of aromatic amines is 1. The molecule has 1 aromatic heterocycles. The molecule has 0 spiro atoms. The molecule has 96 valence electrons. The summed E-state index contributed by atoms with van der Waals surface area (Å²) >= 11 is 0. The van der Waals surface area contributed by atoms with Crippen molar-refractivity contribution >= 4 is 16.8 Å². The number of carbonyl (C=O) groups is 1. The summed E-state index contributed by atoms with van der Waals surface area (Å²) in [5.41, 5.74) is 4.12. The van der Waals surface area contributed by atoms with Gasteiger partial charge in [0.15, 0.2) is 0 Å². The molecule has 2 heterocycles. The average Bonchev–Trinajstić information content (AvgIpc) is 2.98. The molecule has 1 aromatic carbocycles. The van der Waals surface area contributed by atoms with E-state index in [9.17, 15) is 4.79 Å². The summed E-state index contributed by atoms with van der Waals surface area (Å²) in [5, 5.41) is 1.16. The van der Waals surface area contributed by atoms with Gasteiger partial charge >= 0.3 is 0 Å². The Morgan fingerprint density at radius 2 is 2.00 bits per heavy atom. The Kier molecular flexibility index (Phi) is 2.62. The maximum atomic E-state index is 12.4. The van der Waals surface area contributed by atoms with Crippen molar-refractivity contribution < 1.29 is 6.22 Å². The Hall–Kier alpha value is -1.77. The Bertz CT molecular complexity index is 612. The predicted octanol–water partition coefficient (Wildman–Crippen LogP) is 3.27. The molecular formula is C15H20N2O. The smallest absolute Gasteiger partial charge is 0.270 e. The van der Waals surface area contributed by atoms with Crippen molar-refractivity contribution in [3.05, 3.63) is 35.0 Å². The van der Waals surface area contributed by atoms with Gasteiger partial charge in [-0.15, -0.1) is 0 Å². The first-order valence-electron chi connectivity index (χ1n) is 6.55. The van der Waals surface area contributed by atoms with E-state index in [4.69, 9.17) is 0 Å². The lowest BCUT2D eigenvalue weighted by Crippen LogP contribution is -2.28. The van der Waals surface area contributed by atoms with Crippen LogP contribution in [0.1, 0.15) is 35.9 Å². The molecule has 1 saturated heterocycles. The van der Waals surface area contributed by atoms with Crippen LogP contribution in [0.25, 0.3) is 10.9 Å². The van der Waals surface area contributed by atoms with Gasteiger partial charge < -0.3 is 9.88 Å². The first-order chi connectivity index (χ1) is 8.66. The summed E-state index contributed by atoms with van der Waals surface area (Å²) in [6, 6.07) is 6.27. The van der Waals surface area contributed by atoms with Crippen molar-refractivity contribution in [2.45, 2.75) is 26.7 Å². The Morgan fingerprint density at radius 3 is 2.72 bits per heavy atom. The van der Waals surface area contributed by atoms with Crippen molar-refractivity contribution in [2.75, 3.05) is 13.1 Å². The molecule has 0 aliphatic carbocycles. The molecule has 0 saturated carbocycles. The molecule has 1 fully saturated rings. The summed E-state index contributed by atoms with van der Waals surface area (Å²) in [4.78, 5) is 17.6. The molecule has 1 N–H and O–H groups in total. The largest absolute Gasteiger partial charge is 0.350 e. The van der Waals surface area contributed by atoms with Crippen molar-refractivity contribution in [1.82, 2.24) is 9.88 Å². The number of rotatable bonds is 1. The molecule has 1 aliphatic rings. The second-order valence-electron chi connectivity index (χ2n) is 5.17. The summed E-state index contributed by atoms with van der Waals surface area (Å²) in [5.74, 6) is 0.152. The zero-order valence-electron chi connectivity index (χ0n) is 10.9.